The van der Waals surface area contributed by atoms with Crippen LogP contribution in [0.5, 0.6) is 0 Å². The van der Waals surface area contributed by atoms with Gasteiger partial charge in [0.2, 0.25) is 0 Å². The van der Waals surface area contributed by atoms with Crippen molar-refractivity contribution in [3.63, 3.8) is 0 Å². The van der Waals surface area contributed by atoms with Gasteiger partial charge in [-0.3, -0.25) is 4.79 Å². The Kier molecular flexibility index (Phi) is 13.9. The van der Waals surface area contributed by atoms with Crippen LogP contribution in [0.1, 0.15) is 13.8 Å². The highest BCUT2D eigenvalue weighted by molar-refractivity contribution is 9.09. The summed E-state index contributed by atoms with van der Waals surface area (Å²) in [7, 11) is 3.21. The van der Waals surface area contributed by atoms with E-state index in [1.807, 2.05) is 13.0 Å². The number of carbonyl (C=O) groups excluding carboxylic acids is 1. The van der Waals surface area contributed by atoms with Crippen LogP contribution < -0.4 is 0 Å². The maximum Gasteiger partial charge on any atom is 0.154 e. The van der Waals surface area contributed by atoms with E-state index in [0.717, 1.165) is 17.2 Å². The Morgan fingerprint density at radius 2 is 1.92 bits per heavy atom. The first-order chi connectivity index (χ1) is 6.12. The molecule has 0 rings (SSSR count). The highest BCUT2D eigenvalue weighted by atomic mass is 79.9. The summed E-state index contributed by atoms with van der Waals surface area (Å²) in [5.74, 6) is 0. The van der Waals surface area contributed by atoms with Gasteiger partial charge in [0, 0.05) is 19.5 Å². The molecule has 0 bridgehead atoms. The van der Waals surface area contributed by atoms with E-state index in [1.165, 1.54) is 0 Å². The number of alkyl halides is 1. The molecule has 0 radical (unpaired) electrons. The van der Waals surface area contributed by atoms with Crippen molar-refractivity contribution >= 4 is 22.2 Å². The molecule has 3 nitrogen and oxygen atoms in total. The highest BCUT2D eigenvalue weighted by Gasteiger charge is 1.87. The number of rotatable bonds is 4. The van der Waals surface area contributed by atoms with Gasteiger partial charge in [0.25, 0.3) is 0 Å². The molecule has 0 saturated carbocycles. The number of allylic oxidation sites excluding steroid dienone is 2. The molecule has 13 heavy (non-hydrogen) atoms. The minimum atomic E-state index is -0.0648. The summed E-state index contributed by atoms with van der Waals surface area (Å²) in [4.78, 5) is 9.81. The molecule has 0 aromatic rings. The summed E-state index contributed by atoms with van der Waals surface area (Å²) in [5, 5.41) is 0.761. The predicted molar refractivity (Wildman–Crippen MR) is 57.1 cm³/mol. The van der Waals surface area contributed by atoms with E-state index in [1.54, 1.807) is 21.1 Å². The highest BCUT2D eigenvalue weighted by Crippen LogP contribution is 1.88. The zero-order valence-corrected chi connectivity index (χ0v) is 10.1. The van der Waals surface area contributed by atoms with Crippen LogP contribution in [0.25, 0.3) is 0 Å². The Bertz CT molecular complexity index is 142. The number of halogens is 1. The molecule has 0 aliphatic heterocycles. The standard InChI is InChI=1S/C5H7BrO.C4H10O2/c1-5(4-7)2-3-6;1-4(5-2)6-3/h2,4H,3H2,1H3;4H,1-3H3/b5-2+;. The van der Waals surface area contributed by atoms with Crippen molar-refractivity contribution in [3.8, 4) is 0 Å². The van der Waals surface area contributed by atoms with Gasteiger partial charge < -0.3 is 9.47 Å². The number of methoxy groups -OCH3 is 2. The molecule has 0 amide bonds. The zero-order valence-electron chi connectivity index (χ0n) is 8.54. The van der Waals surface area contributed by atoms with Gasteiger partial charge in [-0.05, 0) is 19.4 Å². The third-order valence-electron chi connectivity index (χ3n) is 1.25. The van der Waals surface area contributed by atoms with Gasteiger partial charge in [-0.25, -0.2) is 0 Å². The molecule has 0 saturated heterocycles. The van der Waals surface area contributed by atoms with E-state index < -0.39 is 0 Å². The molecule has 4 heteroatoms. The topological polar surface area (TPSA) is 35.5 Å². The van der Waals surface area contributed by atoms with Gasteiger partial charge >= 0.3 is 0 Å². The summed E-state index contributed by atoms with van der Waals surface area (Å²) in [6, 6.07) is 0. The van der Waals surface area contributed by atoms with E-state index in [4.69, 9.17) is 0 Å². The van der Waals surface area contributed by atoms with E-state index in [2.05, 4.69) is 25.4 Å². The van der Waals surface area contributed by atoms with Crippen molar-refractivity contribution in [2.75, 3.05) is 19.5 Å². The smallest absolute Gasteiger partial charge is 0.154 e. The first-order valence-corrected chi connectivity index (χ1v) is 4.98. The Hall–Kier alpha value is -0.190. The van der Waals surface area contributed by atoms with Crippen LogP contribution in [0.3, 0.4) is 0 Å². The van der Waals surface area contributed by atoms with Crippen molar-refractivity contribution in [2.24, 2.45) is 0 Å². The lowest BCUT2D eigenvalue weighted by molar-refractivity contribution is -0.104. The molecule has 0 aromatic carbocycles. The second-order valence-electron chi connectivity index (χ2n) is 2.26. The second-order valence-corrected chi connectivity index (χ2v) is 2.91. The first kappa shape index (κ1) is 15.3. The summed E-state index contributed by atoms with van der Waals surface area (Å²) in [6.07, 6.45) is 2.58. The van der Waals surface area contributed by atoms with Gasteiger partial charge in [-0.1, -0.05) is 22.0 Å². The van der Waals surface area contributed by atoms with Gasteiger partial charge in [0.15, 0.2) is 6.29 Å². The molecule has 0 heterocycles. The van der Waals surface area contributed by atoms with Crippen LogP contribution in [-0.2, 0) is 14.3 Å². The quantitative estimate of drug-likeness (QED) is 0.333. The molecule has 0 aliphatic carbocycles. The lowest BCUT2D eigenvalue weighted by Crippen LogP contribution is -2.05. The lowest BCUT2D eigenvalue weighted by atomic mass is 10.3. The SMILES string of the molecule is C/C(C=O)=C\CBr.COC(C)OC. The fourth-order valence-electron chi connectivity index (χ4n) is 0.266. The molecule has 0 atom stereocenters. The number of ether oxygens (including phenoxy) is 2. The monoisotopic (exact) mass is 252 g/mol. The molecule has 0 N–H and O–H groups in total. The number of hydrogen-bond donors (Lipinski definition) is 0. The Morgan fingerprint density at radius 3 is 2.00 bits per heavy atom. The number of hydrogen-bond acceptors (Lipinski definition) is 3. The summed E-state index contributed by atoms with van der Waals surface area (Å²) >= 11 is 3.16. The predicted octanol–water partition coefficient (Wildman–Crippen LogP) is 2.15. The first-order valence-electron chi connectivity index (χ1n) is 3.85. The average Bonchev–Trinajstić information content (AvgIpc) is 2.18. The van der Waals surface area contributed by atoms with E-state index in [-0.39, 0.29) is 6.29 Å². The van der Waals surface area contributed by atoms with E-state index in [9.17, 15) is 4.79 Å². The van der Waals surface area contributed by atoms with Crippen LogP contribution in [0, 0.1) is 0 Å². The third kappa shape index (κ3) is 14.6. The molecule has 0 aliphatic rings. The van der Waals surface area contributed by atoms with Crippen molar-refractivity contribution in [3.05, 3.63) is 11.6 Å². The van der Waals surface area contributed by atoms with E-state index in [0.29, 0.717) is 0 Å². The largest absolute Gasteiger partial charge is 0.356 e. The lowest BCUT2D eigenvalue weighted by Gasteiger charge is -2.03. The minimum Gasteiger partial charge on any atom is -0.356 e. The maximum absolute atomic E-state index is 9.81. The fourth-order valence-corrected chi connectivity index (χ4v) is 0.777. The Morgan fingerprint density at radius 1 is 1.46 bits per heavy atom. The summed E-state index contributed by atoms with van der Waals surface area (Å²) < 4.78 is 9.35. The van der Waals surface area contributed by atoms with Gasteiger partial charge in [0.1, 0.15) is 6.29 Å². The Labute approximate surface area is 88.2 Å². The van der Waals surface area contributed by atoms with Crippen molar-refractivity contribution in [1.29, 1.82) is 0 Å². The Balaban J connectivity index is 0. The molecule has 0 fully saturated rings. The van der Waals surface area contributed by atoms with Gasteiger partial charge in [0.05, 0.1) is 0 Å². The van der Waals surface area contributed by atoms with Crippen molar-refractivity contribution in [2.45, 2.75) is 20.1 Å². The fraction of sp³-hybridized carbons (Fsp3) is 0.667. The molecule has 0 aromatic heterocycles. The van der Waals surface area contributed by atoms with Crippen LogP contribution >= 0.6 is 15.9 Å². The van der Waals surface area contributed by atoms with Crippen molar-refractivity contribution < 1.29 is 14.3 Å². The number of carbonyl (C=O) groups is 1. The summed E-state index contributed by atoms with van der Waals surface area (Å²) in [6.45, 7) is 3.61. The molecular weight excluding hydrogens is 236 g/mol. The zero-order chi connectivity index (χ0) is 10.7. The number of aldehydes is 1. The van der Waals surface area contributed by atoms with Crippen LogP contribution in [0.4, 0.5) is 0 Å². The van der Waals surface area contributed by atoms with Gasteiger partial charge in [-0.2, -0.15) is 0 Å². The molecule has 78 valence electrons. The maximum atomic E-state index is 9.81. The molecule has 0 spiro atoms. The average molecular weight is 253 g/mol. The van der Waals surface area contributed by atoms with E-state index >= 15 is 0 Å². The normalized spacial score (nSPS) is 10.8. The third-order valence-corrected chi connectivity index (χ3v) is 1.57. The molecule has 0 unspecified atom stereocenters. The summed E-state index contributed by atoms with van der Waals surface area (Å²) in [5.41, 5.74) is 0.775. The van der Waals surface area contributed by atoms with Gasteiger partial charge in [-0.15, -0.1) is 0 Å². The second kappa shape index (κ2) is 11.8. The van der Waals surface area contributed by atoms with Crippen LogP contribution in [0.2, 0.25) is 0 Å². The molecular formula is C9H17BrO3. The van der Waals surface area contributed by atoms with Crippen LogP contribution in [-0.4, -0.2) is 32.1 Å². The van der Waals surface area contributed by atoms with Crippen molar-refractivity contribution in [1.82, 2.24) is 0 Å². The van der Waals surface area contributed by atoms with Crippen LogP contribution in [0.15, 0.2) is 11.6 Å². The minimum absolute atomic E-state index is 0.0648.